The summed E-state index contributed by atoms with van der Waals surface area (Å²) in [6.07, 6.45) is 1.11. The molecule has 20 heavy (non-hydrogen) atoms. The fourth-order valence-corrected chi connectivity index (χ4v) is 4.66. The van der Waals surface area contributed by atoms with Crippen molar-refractivity contribution in [1.82, 2.24) is 0 Å². The van der Waals surface area contributed by atoms with E-state index in [1.54, 1.807) is 13.0 Å². The van der Waals surface area contributed by atoms with Gasteiger partial charge in [-0.1, -0.05) is 12.1 Å². The molecule has 0 saturated heterocycles. The van der Waals surface area contributed by atoms with Crippen LogP contribution < -0.4 is 0 Å². The second kappa shape index (κ2) is 5.15. The predicted molar refractivity (Wildman–Crippen MR) is 72.3 cm³/mol. The van der Waals surface area contributed by atoms with Crippen LogP contribution in [-0.4, -0.2) is 33.1 Å². The molecule has 0 N–H and O–H groups in total. The number of benzene rings is 1. The molecule has 0 radical (unpaired) electrons. The molecule has 0 unspecified atom stereocenters. The number of halogens is 1. The Hall–Kier alpha value is -1.45. The first-order valence-electron chi connectivity index (χ1n) is 6.30. The van der Waals surface area contributed by atoms with Crippen molar-refractivity contribution >= 4 is 9.84 Å². The molecule has 0 amide bonds. The van der Waals surface area contributed by atoms with Crippen molar-refractivity contribution in [3.8, 4) is 6.07 Å². The van der Waals surface area contributed by atoms with Gasteiger partial charge >= 0.3 is 0 Å². The Kier molecular flexibility index (Phi) is 3.85. The summed E-state index contributed by atoms with van der Waals surface area (Å²) in [4.78, 5) is 0. The van der Waals surface area contributed by atoms with Crippen molar-refractivity contribution < 1.29 is 17.5 Å². The van der Waals surface area contributed by atoms with E-state index >= 15 is 0 Å². The van der Waals surface area contributed by atoms with Gasteiger partial charge in [-0.15, -0.1) is 0 Å². The van der Waals surface area contributed by atoms with Crippen LogP contribution in [0.15, 0.2) is 24.3 Å². The molecule has 0 aromatic heterocycles. The third-order valence-electron chi connectivity index (χ3n) is 3.68. The summed E-state index contributed by atoms with van der Waals surface area (Å²) >= 11 is 0. The zero-order valence-corrected chi connectivity index (χ0v) is 12.2. The number of rotatable bonds is 5. The van der Waals surface area contributed by atoms with Crippen LogP contribution >= 0.6 is 0 Å². The summed E-state index contributed by atoms with van der Waals surface area (Å²) in [5.41, 5.74) is -0.584. The van der Waals surface area contributed by atoms with Gasteiger partial charge in [-0.25, -0.2) is 12.8 Å². The van der Waals surface area contributed by atoms with E-state index in [1.807, 2.05) is 0 Å². The van der Waals surface area contributed by atoms with Gasteiger partial charge in [-0.05, 0) is 24.6 Å². The maximum Gasteiger partial charge on any atom is 0.152 e. The largest absolute Gasteiger partial charge is 0.380 e. The Bertz CT molecular complexity index is 653. The lowest BCUT2D eigenvalue weighted by Crippen LogP contribution is -2.18. The van der Waals surface area contributed by atoms with Crippen molar-refractivity contribution in [1.29, 1.82) is 5.26 Å². The van der Waals surface area contributed by atoms with E-state index in [9.17, 15) is 18.1 Å². The van der Waals surface area contributed by atoms with Gasteiger partial charge in [-0.3, -0.25) is 0 Å². The molecule has 108 valence electrons. The highest BCUT2D eigenvalue weighted by Gasteiger charge is 2.71. The minimum atomic E-state index is -3.41. The molecule has 0 aliphatic heterocycles. The van der Waals surface area contributed by atoms with Crippen LogP contribution in [0.1, 0.15) is 18.4 Å². The zero-order valence-electron chi connectivity index (χ0n) is 11.3. The minimum absolute atomic E-state index is 0.0406. The molecule has 1 fully saturated rings. The molecule has 0 spiro atoms. The van der Waals surface area contributed by atoms with Gasteiger partial charge in [0.2, 0.25) is 0 Å². The Morgan fingerprint density at radius 2 is 2.20 bits per heavy atom. The SMILES string of the molecule is CCOC[C@@]1(C#N)[C@H](S(C)(=O)=O)[C@@H]1c1cccc(F)c1. The van der Waals surface area contributed by atoms with Crippen molar-refractivity contribution in [2.45, 2.75) is 18.1 Å². The molecule has 3 atom stereocenters. The summed E-state index contributed by atoms with van der Waals surface area (Å²) in [6, 6.07) is 7.83. The number of hydrogen-bond donors (Lipinski definition) is 0. The summed E-state index contributed by atoms with van der Waals surface area (Å²) < 4.78 is 42.4. The molecule has 6 heteroatoms. The highest BCUT2D eigenvalue weighted by molar-refractivity contribution is 7.91. The third-order valence-corrected chi connectivity index (χ3v) is 5.29. The minimum Gasteiger partial charge on any atom is -0.380 e. The van der Waals surface area contributed by atoms with E-state index < -0.39 is 32.2 Å². The smallest absolute Gasteiger partial charge is 0.152 e. The van der Waals surface area contributed by atoms with Gasteiger partial charge in [0.05, 0.1) is 17.9 Å². The molecule has 4 nitrogen and oxygen atoms in total. The highest BCUT2D eigenvalue weighted by Crippen LogP contribution is 2.62. The van der Waals surface area contributed by atoms with E-state index in [2.05, 4.69) is 6.07 Å². The molecular formula is C14H16FNO3S. The lowest BCUT2D eigenvalue weighted by molar-refractivity contribution is 0.117. The summed E-state index contributed by atoms with van der Waals surface area (Å²) in [5.74, 6) is -0.977. The molecule has 2 rings (SSSR count). The lowest BCUT2D eigenvalue weighted by Gasteiger charge is -2.08. The van der Waals surface area contributed by atoms with E-state index in [0.29, 0.717) is 12.2 Å². The number of sulfone groups is 1. The van der Waals surface area contributed by atoms with Crippen molar-refractivity contribution in [3.63, 3.8) is 0 Å². The lowest BCUT2D eigenvalue weighted by atomic mass is 10.0. The van der Waals surface area contributed by atoms with E-state index in [4.69, 9.17) is 4.74 Å². The monoisotopic (exact) mass is 297 g/mol. The van der Waals surface area contributed by atoms with Crippen LogP contribution in [0.4, 0.5) is 4.39 Å². The normalized spacial score (nSPS) is 28.9. The van der Waals surface area contributed by atoms with Crippen LogP contribution in [0.3, 0.4) is 0 Å². The second-order valence-electron chi connectivity index (χ2n) is 5.07. The molecule has 1 aliphatic rings. The topological polar surface area (TPSA) is 67.2 Å². The third kappa shape index (κ3) is 2.43. The summed E-state index contributed by atoms with van der Waals surface area (Å²) in [6.45, 7) is 2.22. The average molecular weight is 297 g/mol. The molecule has 1 aliphatic carbocycles. The number of hydrogen-bond acceptors (Lipinski definition) is 4. The maximum atomic E-state index is 13.3. The standard InChI is InChI=1S/C14H16FNO3S/c1-3-19-9-14(8-16)12(13(14)20(2,17)18)10-5-4-6-11(15)7-10/h4-7,12-13H,3,9H2,1-2H3/t12-,13+,14+/m0/s1. The van der Waals surface area contributed by atoms with Gasteiger partial charge in [0, 0.05) is 18.8 Å². The maximum absolute atomic E-state index is 13.3. The van der Waals surface area contributed by atoms with Gasteiger partial charge in [0.25, 0.3) is 0 Å². The summed E-state index contributed by atoms with van der Waals surface area (Å²) in [5, 5.41) is 8.59. The first-order valence-corrected chi connectivity index (χ1v) is 8.25. The van der Waals surface area contributed by atoms with Crippen LogP contribution in [-0.2, 0) is 14.6 Å². The Morgan fingerprint density at radius 1 is 1.50 bits per heavy atom. The highest BCUT2D eigenvalue weighted by atomic mass is 32.2. The summed E-state index contributed by atoms with van der Waals surface area (Å²) in [7, 11) is -3.41. The van der Waals surface area contributed by atoms with Crippen LogP contribution in [0.25, 0.3) is 0 Å². The fraction of sp³-hybridized carbons (Fsp3) is 0.500. The molecule has 1 saturated carbocycles. The second-order valence-corrected chi connectivity index (χ2v) is 7.24. The van der Waals surface area contributed by atoms with Gasteiger partial charge in [-0.2, -0.15) is 5.26 Å². The molecular weight excluding hydrogens is 281 g/mol. The van der Waals surface area contributed by atoms with E-state index in [-0.39, 0.29) is 6.61 Å². The van der Waals surface area contributed by atoms with Crippen LogP contribution in [0.2, 0.25) is 0 Å². The predicted octanol–water partition coefficient (Wildman–Crippen LogP) is 1.88. The molecule has 1 aromatic carbocycles. The van der Waals surface area contributed by atoms with Gasteiger partial charge in [0.15, 0.2) is 9.84 Å². The van der Waals surface area contributed by atoms with Crippen molar-refractivity contribution in [2.75, 3.05) is 19.5 Å². The van der Waals surface area contributed by atoms with E-state index in [0.717, 1.165) is 6.26 Å². The fourth-order valence-electron chi connectivity index (χ4n) is 2.81. The average Bonchev–Trinajstić information content (AvgIpc) is 3.06. The van der Waals surface area contributed by atoms with Crippen LogP contribution in [0, 0.1) is 22.6 Å². The van der Waals surface area contributed by atoms with Crippen molar-refractivity contribution in [3.05, 3.63) is 35.6 Å². The Balaban J connectivity index is 2.43. The number of ether oxygens (including phenoxy) is 1. The molecule has 1 aromatic rings. The first-order chi connectivity index (χ1) is 9.36. The van der Waals surface area contributed by atoms with Gasteiger partial charge < -0.3 is 4.74 Å². The first kappa shape index (κ1) is 14.9. The molecule has 0 bridgehead atoms. The van der Waals surface area contributed by atoms with Crippen LogP contribution in [0.5, 0.6) is 0 Å². The van der Waals surface area contributed by atoms with Crippen molar-refractivity contribution in [2.24, 2.45) is 5.41 Å². The number of nitriles is 1. The zero-order chi connectivity index (χ0) is 15.0. The Morgan fingerprint density at radius 3 is 2.70 bits per heavy atom. The Labute approximate surface area is 118 Å². The number of nitrogens with zero attached hydrogens (tertiary/aromatic N) is 1. The molecule has 0 heterocycles. The van der Waals surface area contributed by atoms with E-state index in [1.165, 1.54) is 18.2 Å². The van der Waals surface area contributed by atoms with Gasteiger partial charge in [0.1, 0.15) is 11.2 Å². The quantitative estimate of drug-likeness (QED) is 0.832.